The summed E-state index contributed by atoms with van der Waals surface area (Å²) in [6.07, 6.45) is 0.603. The standard InChI is InChI=1S/C24H22F2N2O/c1-15-4-3-5-17(12-15)24(29)28-16(2)13-22(21-14-19(26)8-11-23(21)28)27-20-9-6-18(25)7-10-20/h3-12,14,16,22,27H,13H2,1-2H3/t16-,22+/m1/s1. The normalized spacial score (nSPS) is 18.3. The van der Waals surface area contributed by atoms with Crippen molar-refractivity contribution in [1.29, 1.82) is 0 Å². The summed E-state index contributed by atoms with van der Waals surface area (Å²) in [6, 6.07) is 17.8. The van der Waals surface area contributed by atoms with Crippen LogP contribution in [0.25, 0.3) is 0 Å². The van der Waals surface area contributed by atoms with Crippen molar-refractivity contribution in [3.05, 3.63) is 95.1 Å². The first-order valence-corrected chi connectivity index (χ1v) is 9.64. The molecule has 3 nitrogen and oxygen atoms in total. The van der Waals surface area contributed by atoms with Crippen LogP contribution >= 0.6 is 0 Å². The van der Waals surface area contributed by atoms with E-state index < -0.39 is 0 Å². The first-order valence-electron chi connectivity index (χ1n) is 9.64. The lowest BCUT2D eigenvalue weighted by Crippen LogP contribution is -2.44. The van der Waals surface area contributed by atoms with Crippen LogP contribution in [-0.4, -0.2) is 11.9 Å². The van der Waals surface area contributed by atoms with E-state index in [1.54, 1.807) is 29.2 Å². The van der Waals surface area contributed by atoms with Crippen molar-refractivity contribution in [1.82, 2.24) is 0 Å². The minimum Gasteiger partial charge on any atom is -0.378 e. The van der Waals surface area contributed by atoms with Gasteiger partial charge in [-0.25, -0.2) is 8.78 Å². The molecule has 1 aliphatic heterocycles. The Morgan fingerprint density at radius 3 is 2.45 bits per heavy atom. The summed E-state index contributed by atoms with van der Waals surface area (Å²) < 4.78 is 27.3. The zero-order valence-corrected chi connectivity index (χ0v) is 16.3. The Morgan fingerprint density at radius 2 is 1.72 bits per heavy atom. The van der Waals surface area contributed by atoms with Crippen LogP contribution in [0.4, 0.5) is 20.2 Å². The van der Waals surface area contributed by atoms with Crippen molar-refractivity contribution in [3.63, 3.8) is 0 Å². The van der Waals surface area contributed by atoms with Gasteiger partial charge in [-0.2, -0.15) is 0 Å². The Morgan fingerprint density at radius 1 is 1.00 bits per heavy atom. The number of anilines is 2. The number of nitrogens with zero attached hydrogens (tertiary/aromatic N) is 1. The number of carbonyl (C=O) groups is 1. The van der Waals surface area contributed by atoms with Gasteiger partial charge in [-0.1, -0.05) is 17.7 Å². The number of nitrogens with one attached hydrogen (secondary N) is 1. The highest BCUT2D eigenvalue weighted by Crippen LogP contribution is 2.40. The second-order valence-corrected chi connectivity index (χ2v) is 7.54. The molecule has 0 unspecified atom stereocenters. The topological polar surface area (TPSA) is 32.3 Å². The van der Waals surface area contributed by atoms with E-state index in [9.17, 15) is 13.6 Å². The third-order valence-electron chi connectivity index (χ3n) is 5.31. The lowest BCUT2D eigenvalue weighted by atomic mass is 9.90. The van der Waals surface area contributed by atoms with Gasteiger partial charge >= 0.3 is 0 Å². The Balaban J connectivity index is 1.71. The van der Waals surface area contributed by atoms with Gasteiger partial charge in [0.05, 0.1) is 6.04 Å². The van der Waals surface area contributed by atoms with Gasteiger partial charge in [-0.05, 0) is 74.9 Å². The first kappa shape index (κ1) is 19.1. The maximum Gasteiger partial charge on any atom is 0.258 e. The molecule has 1 aliphatic rings. The smallest absolute Gasteiger partial charge is 0.258 e. The monoisotopic (exact) mass is 392 g/mol. The number of fused-ring (bicyclic) bond motifs is 1. The van der Waals surface area contributed by atoms with Crippen molar-refractivity contribution >= 4 is 17.3 Å². The fourth-order valence-corrected chi connectivity index (χ4v) is 3.95. The van der Waals surface area contributed by atoms with Crippen LogP contribution in [0.2, 0.25) is 0 Å². The number of hydrogen-bond acceptors (Lipinski definition) is 2. The predicted molar refractivity (Wildman–Crippen MR) is 111 cm³/mol. The predicted octanol–water partition coefficient (Wildman–Crippen LogP) is 5.87. The molecule has 1 heterocycles. The van der Waals surface area contributed by atoms with Crippen LogP contribution < -0.4 is 10.2 Å². The van der Waals surface area contributed by atoms with Gasteiger partial charge in [0.1, 0.15) is 11.6 Å². The van der Waals surface area contributed by atoms with E-state index in [4.69, 9.17) is 0 Å². The van der Waals surface area contributed by atoms with E-state index in [1.165, 1.54) is 24.3 Å². The van der Waals surface area contributed by atoms with E-state index in [-0.39, 0.29) is 29.6 Å². The molecule has 2 atom stereocenters. The number of carbonyl (C=O) groups excluding carboxylic acids is 1. The molecule has 5 heteroatoms. The quantitative estimate of drug-likeness (QED) is 0.605. The molecule has 3 aromatic rings. The van der Waals surface area contributed by atoms with Gasteiger partial charge in [0.25, 0.3) is 5.91 Å². The van der Waals surface area contributed by atoms with Crippen molar-refractivity contribution in [2.24, 2.45) is 0 Å². The van der Waals surface area contributed by atoms with E-state index in [0.29, 0.717) is 23.2 Å². The molecule has 0 fully saturated rings. The van der Waals surface area contributed by atoms with E-state index in [1.807, 2.05) is 32.0 Å². The molecule has 0 bridgehead atoms. The molecule has 1 amide bonds. The van der Waals surface area contributed by atoms with Crippen LogP contribution in [0.15, 0.2) is 66.7 Å². The van der Waals surface area contributed by atoms with Gasteiger partial charge in [0.2, 0.25) is 0 Å². The Hall–Kier alpha value is -3.21. The molecule has 0 aromatic heterocycles. The largest absolute Gasteiger partial charge is 0.378 e. The number of hydrogen-bond donors (Lipinski definition) is 1. The molecular weight excluding hydrogens is 370 g/mol. The molecule has 148 valence electrons. The van der Waals surface area contributed by atoms with Crippen LogP contribution in [0.1, 0.15) is 40.9 Å². The molecule has 4 rings (SSSR count). The van der Waals surface area contributed by atoms with E-state index in [2.05, 4.69) is 5.32 Å². The van der Waals surface area contributed by atoms with Crippen LogP contribution in [0.3, 0.4) is 0 Å². The van der Waals surface area contributed by atoms with Gasteiger partial charge in [0, 0.05) is 28.5 Å². The Kier molecular flexibility index (Phi) is 5.05. The minimum atomic E-state index is -0.354. The molecule has 0 saturated carbocycles. The first-order chi connectivity index (χ1) is 13.9. The SMILES string of the molecule is Cc1cccc(C(=O)N2c3ccc(F)cc3[C@@H](Nc3ccc(F)cc3)C[C@H]2C)c1. The highest BCUT2D eigenvalue weighted by molar-refractivity contribution is 6.07. The summed E-state index contributed by atoms with van der Waals surface area (Å²) in [5, 5.41) is 3.36. The fraction of sp³-hybridized carbons (Fsp3) is 0.208. The molecule has 3 aromatic carbocycles. The Labute approximate surface area is 169 Å². The summed E-state index contributed by atoms with van der Waals surface area (Å²) >= 11 is 0. The van der Waals surface area contributed by atoms with Gasteiger partial charge in [0.15, 0.2) is 0 Å². The average molecular weight is 392 g/mol. The maximum atomic E-state index is 14.1. The van der Waals surface area contributed by atoms with Crippen molar-refractivity contribution in [2.75, 3.05) is 10.2 Å². The van der Waals surface area contributed by atoms with Crippen molar-refractivity contribution < 1.29 is 13.6 Å². The molecule has 0 saturated heterocycles. The summed E-state index contributed by atoms with van der Waals surface area (Å²) in [6.45, 7) is 3.93. The zero-order chi connectivity index (χ0) is 20.5. The van der Waals surface area contributed by atoms with E-state index >= 15 is 0 Å². The molecule has 0 radical (unpaired) electrons. The van der Waals surface area contributed by atoms with Crippen LogP contribution in [0, 0.1) is 18.6 Å². The molecular formula is C24H22F2N2O. The number of benzene rings is 3. The molecule has 1 N–H and O–H groups in total. The fourth-order valence-electron chi connectivity index (χ4n) is 3.95. The van der Waals surface area contributed by atoms with Gasteiger partial charge in [-0.15, -0.1) is 0 Å². The van der Waals surface area contributed by atoms with Crippen LogP contribution in [-0.2, 0) is 0 Å². The highest BCUT2D eigenvalue weighted by Gasteiger charge is 2.34. The summed E-state index contributed by atoms with van der Waals surface area (Å²) in [5.41, 5.74) is 3.77. The molecule has 0 spiro atoms. The Bertz CT molecular complexity index is 1050. The number of rotatable bonds is 3. The maximum absolute atomic E-state index is 14.1. The highest BCUT2D eigenvalue weighted by atomic mass is 19.1. The summed E-state index contributed by atoms with van der Waals surface area (Å²) in [5.74, 6) is -0.768. The molecule has 29 heavy (non-hydrogen) atoms. The van der Waals surface area contributed by atoms with Gasteiger partial charge < -0.3 is 10.2 Å². The lowest BCUT2D eigenvalue weighted by Gasteiger charge is -2.40. The summed E-state index contributed by atoms with van der Waals surface area (Å²) in [7, 11) is 0. The number of aryl methyl sites for hydroxylation is 1. The average Bonchev–Trinajstić information content (AvgIpc) is 2.70. The number of halogens is 2. The van der Waals surface area contributed by atoms with E-state index in [0.717, 1.165) is 11.3 Å². The molecule has 0 aliphatic carbocycles. The lowest BCUT2D eigenvalue weighted by molar-refractivity contribution is 0.0974. The summed E-state index contributed by atoms with van der Waals surface area (Å²) in [4.78, 5) is 15.0. The third kappa shape index (κ3) is 3.86. The number of amides is 1. The zero-order valence-electron chi connectivity index (χ0n) is 16.3. The second kappa shape index (κ2) is 7.66. The van der Waals surface area contributed by atoms with Crippen molar-refractivity contribution in [2.45, 2.75) is 32.4 Å². The van der Waals surface area contributed by atoms with Crippen LogP contribution in [0.5, 0.6) is 0 Å². The second-order valence-electron chi connectivity index (χ2n) is 7.54. The third-order valence-corrected chi connectivity index (χ3v) is 5.31. The van der Waals surface area contributed by atoms with Crippen molar-refractivity contribution in [3.8, 4) is 0 Å². The minimum absolute atomic E-state index is 0.0982. The van der Waals surface area contributed by atoms with Gasteiger partial charge in [-0.3, -0.25) is 4.79 Å².